The molecule has 0 aliphatic rings. The Hall–Kier alpha value is -2.39. The minimum atomic E-state index is 0.0466. The number of rotatable bonds is 5. The highest BCUT2D eigenvalue weighted by Gasteiger charge is 2.13. The largest absolute Gasteiger partial charge is 0.325 e. The fraction of sp³-hybridized carbons (Fsp3) is 0.150. The van der Waals surface area contributed by atoms with Crippen molar-refractivity contribution in [2.24, 2.45) is 0 Å². The van der Waals surface area contributed by atoms with E-state index in [4.69, 9.17) is 0 Å². The second-order valence-corrected chi connectivity index (χ2v) is 6.53. The number of thiophene rings is 1. The molecule has 1 N–H and O–H groups in total. The highest BCUT2D eigenvalue weighted by atomic mass is 32.1. The molecule has 3 aromatic rings. The fourth-order valence-corrected chi connectivity index (χ4v) is 3.38. The summed E-state index contributed by atoms with van der Waals surface area (Å²) in [6.07, 6.45) is 0.475. The summed E-state index contributed by atoms with van der Waals surface area (Å²) in [6.45, 7) is 2.08. The first-order valence-corrected chi connectivity index (χ1v) is 8.59. The number of carbonyl (C=O) groups excluding carboxylic acids is 1. The summed E-state index contributed by atoms with van der Waals surface area (Å²) in [6, 6.07) is 22.2. The summed E-state index contributed by atoms with van der Waals surface area (Å²) in [5.41, 5.74) is 3.14. The smallest absolute Gasteiger partial charge is 0.224 e. The van der Waals surface area contributed by atoms with Gasteiger partial charge in [0.25, 0.3) is 0 Å². The standard InChI is InChI=1S/C20H19NOS/c1-15(16-8-3-2-4-9-16)14-20(22)21-18-11-6-5-10-17(18)19-12-7-13-23-19/h2-13,15H,14H2,1H3,(H,21,22). The molecule has 3 heteroatoms. The van der Waals surface area contributed by atoms with Crippen molar-refractivity contribution in [3.8, 4) is 10.4 Å². The van der Waals surface area contributed by atoms with Crippen LogP contribution < -0.4 is 5.32 Å². The van der Waals surface area contributed by atoms with Gasteiger partial charge in [-0.1, -0.05) is 61.5 Å². The Bertz CT molecular complexity index is 765. The van der Waals surface area contributed by atoms with Gasteiger partial charge in [-0.25, -0.2) is 0 Å². The molecule has 1 aromatic heterocycles. The second kappa shape index (κ2) is 7.25. The average Bonchev–Trinajstić information content (AvgIpc) is 3.10. The molecule has 0 saturated carbocycles. The van der Waals surface area contributed by atoms with E-state index in [1.54, 1.807) is 11.3 Å². The van der Waals surface area contributed by atoms with Gasteiger partial charge in [-0.15, -0.1) is 11.3 Å². The number of hydrogen-bond donors (Lipinski definition) is 1. The molecule has 1 atom stereocenters. The van der Waals surface area contributed by atoms with Crippen LogP contribution in [0.5, 0.6) is 0 Å². The third-order valence-corrected chi connectivity index (χ3v) is 4.75. The van der Waals surface area contributed by atoms with Crippen LogP contribution in [0.15, 0.2) is 72.1 Å². The van der Waals surface area contributed by atoms with Gasteiger partial charge in [0.2, 0.25) is 5.91 Å². The lowest BCUT2D eigenvalue weighted by Gasteiger charge is -2.14. The molecule has 0 fully saturated rings. The zero-order valence-corrected chi connectivity index (χ0v) is 13.8. The molecule has 0 aliphatic heterocycles. The maximum absolute atomic E-state index is 12.4. The lowest BCUT2D eigenvalue weighted by Crippen LogP contribution is -2.14. The molecule has 3 rings (SSSR count). The Balaban J connectivity index is 1.72. The van der Waals surface area contributed by atoms with Crippen molar-refractivity contribution in [3.63, 3.8) is 0 Å². The summed E-state index contributed by atoms with van der Waals surface area (Å²) in [5.74, 6) is 0.246. The molecule has 0 aliphatic carbocycles. The van der Waals surface area contributed by atoms with Crippen molar-refractivity contribution >= 4 is 22.9 Å². The summed E-state index contributed by atoms with van der Waals surface area (Å²) in [7, 11) is 0. The van der Waals surface area contributed by atoms with Crippen molar-refractivity contribution in [3.05, 3.63) is 77.7 Å². The third-order valence-electron chi connectivity index (χ3n) is 3.85. The van der Waals surface area contributed by atoms with Gasteiger partial charge >= 0.3 is 0 Å². The van der Waals surface area contributed by atoms with Crippen LogP contribution in [-0.4, -0.2) is 5.91 Å². The lowest BCUT2D eigenvalue weighted by atomic mass is 9.97. The van der Waals surface area contributed by atoms with Crippen molar-refractivity contribution in [1.82, 2.24) is 0 Å². The summed E-state index contributed by atoms with van der Waals surface area (Å²) in [5, 5.41) is 5.11. The van der Waals surface area contributed by atoms with Gasteiger partial charge in [-0.2, -0.15) is 0 Å². The van der Waals surface area contributed by atoms with E-state index in [0.717, 1.165) is 16.1 Å². The Morgan fingerprint density at radius 1 is 1.00 bits per heavy atom. The summed E-state index contributed by atoms with van der Waals surface area (Å²) >= 11 is 1.68. The van der Waals surface area contributed by atoms with Crippen LogP contribution in [0.3, 0.4) is 0 Å². The van der Waals surface area contributed by atoms with Crippen LogP contribution in [0, 0.1) is 0 Å². The topological polar surface area (TPSA) is 29.1 Å². The normalized spacial score (nSPS) is 11.9. The molecule has 0 spiro atoms. The van der Waals surface area contributed by atoms with Gasteiger partial charge in [-0.3, -0.25) is 4.79 Å². The Kier molecular flexibility index (Phi) is 4.89. The molecule has 1 heterocycles. The average molecular weight is 321 g/mol. The van der Waals surface area contributed by atoms with Crippen LogP contribution in [0.25, 0.3) is 10.4 Å². The van der Waals surface area contributed by atoms with E-state index in [9.17, 15) is 4.79 Å². The van der Waals surface area contributed by atoms with Crippen molar-refractivity contribution in [2.75, 3.05) is 5.32 Å². The molecule has 0 saturated heterocycles. The maximum atomic E-state index is 12.4. The minimum absolute atomic E-state index is 0.0466. The zero-order chi connectivity index (χ0) is 16.1. The van der Waals surface area contributed by atoms with Crippen LogP contribution >= 0.6 is 11.3 Å². The Morgan fingerprint density at radius 3 is 2.48 bits per heavy atom. The quantitative estimate of drug-likeness (QED) is 0.656. The molecule has 1 unspecified atom stereocenters. The van der Waals surface area contributed by atoms with E-state index in [1.165, 1.54) is 5.56 Å². The van der Waals surface area contributed by atoms with E-state index < -0.39 is 0 Å². The summed E-state index contributed by atoms with van der Waals surface area (Å²) in [4.78, 5) is 13.6. The van der Waals surface area contributed by atoms with Crippen LogP contribution in [0.4, 0.5) is 5.69 Å². The van der Waals surface area contributed by atoms with Gasteiger partial charge in [0.05, 0.1) is 0 Å². The van der Waals surface area contributed by atoms with Crippen LogP contribution in [0.1, 0.15) is 24.8 Å². The van der Waals surface area contributed by atoms with E-state index >= 15 is 0 Å². The summed E-state index contributed by atoms with van der Waals surface area (Å²) < 4.78 is 0. The van der Waals surface area contributed by atoms with E-state index in [-0.39, 0.29) is 11.8 Å². The number of nitrogens with one attached hydrogen (secondary N) is 1. The van der Waals surface area contributed by atoms with E-state index in [0.29, 0.717) is 6.42 Å². The van der Waals surface area contributed by atoms with E-state index in [2.05, 4.69) is 30.4 Å². The number of benzene rings is 2. The molecule has 2 nitrogen and oxygen atoms in total. The van der Waals surface area contributed by atoms with Crippen molar-refractivity contribution in [2.45, 2.75) is 19.3 Å². The molecular weight excluding hydrogens is 302 g/mol. The fourth-order valence-electron chi connectivity index (χ4n) is 2.62. The number of carbonyl (C=O) groups is 1. The number of amides is 1. The Labute approximate surface area is 140 Å². The van der Waals surface area contributed by atoms with E-state index in [1.807, 2.05) is 53.9 Å². The molecule has 1 amide bonds. The predicted octanol–water partition coefficient (Wildman–Crippen LogP) is 5.55. The SMILES string of the molecule is CC(CC(=O)Nc1ccccc1-c1cccs1)c1ccccc1. The van der Waals surface area contributed by atoms with Gasteiger partial charge in [-0.05, 0) is 29.0 Å². The molecule has 23 heavy (non-hydrogen) atoms. The van der Waals surface area contributed by atoms with Crippen LogP contribution in [0.2, 0.25) is 0 Å². The molecular formula is C20H19NOS. The van der Waals surface area contributed by atoms with Gasteiger partial charge < -0.3 is 5.32 Å². The highest BCUT2D eigenvalue weighted by molar-refractivity contribution is 7.13. The van der Waals surface area contributed by atoms with Crippen LogP contribution in [-0.2, 0) is 4.79 Å². The highest BCUT2D eigenvalue weighted by Crippen LogP contribution is 2.31. The maximum Gasteiger partial charge on any atom is 0.224 e. The number of hydrogen-bond acceptors (Lipinski definition) is 2. The number of para-hydroxylation sites is 1. The lowest BCUT2D eigenvalue weighted by molar-refractivity contribution is -0.116. The minimum Gasteiger partial charge on any atom is -0.325 e. The first kappa shape index (κ1) is 15.5. The first-order chi connectivity index (χ1) is 11.2. The van der Waals surface area contributed by atoms with Gasteiger partial charge in [0, 0.05) is 22.5 Å². The molecule has 2 aromatic carbocycles. The number of anilines is 1. The second-order valence-electron chi connectivity index (χ2n) is 5.59. The predicted molar refractivity (Wildman–Crippen MR) is 97.9 cm³/mol. The van der Waals surface area contributed by atoms with Crippen molar-refractivity contribution in [1.29, 1.82) is 0 Å². The zero-order valence-electron chi connectivity index (χ0n) is 13.0. The molecule has 0 radical (unpaired) electrons. The third kappa shape index (κ3) is 3.88. The Morgan fingerprint density at radius 2 is 1.74 bits per heavy atom. The van der Waals surface area contributed by atoms with Gasteiger partial charge in [0.15, 0.2) is 0 Å². The van der Waals surface area contributed by atoms with Gasteiger partial charge in [0.1, 0.15) is 0 Å². The van der Waals surface area contributed by atoms with Crippen molar-refractivity contribution < 1.29 is 4.79 Å². The molecule has 116 valence electrons. The molecule has 0 bridgehead atoms. The first-order valence-electron chi connectivity index (χ1n) is 7.72. The monoisotopic (exact) mass is 321 g/mol.